The third kappa shape index (κ3) is 6.80. The van der Waals surface area contributed by atoms with Gasteiger partial charge in [-0.15, -0.1) is 0 Å². The Labute approximate surface area is 147 Å². The number of anilines is 1. The fourth-order valence-electron chi connectivity index (χ4n) is 3.19. The number of methoxy groups -OCH3 is 3. The highest BCUT2D eigenvalue weighted by molar-refractivity contribution is 5.42. The van der Waals surface area contributed by atoms with E-state index in [9.17, 15) is 0 Å². The molecule has 0 fully saturated rings. The van der Waals surface area contributed by atoms with Crippen molar-refractivity contribution in [2.75, 3.05) is 33.2 Å². The molecule has 1 aromatic carbocycles. The SMILES string of the molecule is CCCCCCCC(CCNc1ccccc1)C(OC)(OC)OC. The second-order valence-electron chi connectivity index (χ2n) is 6.20. The van der Waals surface area contributed by atoms with Crippen LogP contribution < -0.4 is 5.32 Å². The Hall–Kier alpha value is -1.10. The molecule has 0 saturated heterocycles. The molecule has 4 heteroatoms. The van der Waals surface area contributed by atoms with Gasteiger partial charge < -0.3 is 19.5 Å². The Kier molecular flexibility index (Phi) is 10.7. The van der Waals surface area contributed by atoms with Gasteiger partial charge >= 0.3 is 0 Å². The van der Waals surface area contributed by atoms with Crippen LogP contribution >= 0.6 is 0 Å². The predicted octanol–water partition coefficient (Wildman–Crippen LogP) is 5.06. The van der Waals surface area contributed by atoms with E-state index in [2.05, 4.69) is 24.4 Å². The second-order valence-corrected chi connectivity index (χ2v) is 6.20. The van der Waals surface area contributed by atoms with Crippen molar-refractivity contribution in [3.8, 4) is 0 Å². The van der Waals surface area contributed by atoms with Crippen molar-refractivity contribution in [1.82, 2.24) is 0 Å². The molecule has 1 unspecified atom stereocenters. The Morgan fingerprint density at radius 1 is 0.875 bits per heavy atom. The Morgan fingerprint density at radius 3 is 2.08 bits per heavy atom. The van der Waals surface area contributed by atoms with E-state index in [1.54, 1.807) is 21.3 Å². The zero-order valence-electron chi connectivity index (χ0n) is 15.8. The lowest BCUT2D eigenvalue weighted by atomic mass is 9.94. The molecule has 138 valence electrons. The molecule has 1 aromatic rings. The number of unbranched alkanes of at least 4 members (excludes halogenated alkanes) is 4. The van der Waals surface area contributed by atoms with Crippen LogP contribution in [0.1, 0.15) is 51.9 Å². The fraction of sp³-hybridized carbons (Fsp3) is 0.700. The third-order valence-corrected chi connectivity index (χ3v) is 4.61. The smallest absolute Gasteiger partial charge is 0.285 e. The van der Waals surface area contributed by atoms with Crippen LogP contribution in [0.2, 0.25) is 0 Å². The molecule has 24 heavy (non-hydrogen) atoms. The van der Waals surface area contributed by atoms with Gasteiger partial charge in [-0.05, 0) is 25.0 Å². The van der Waals surface area contributed by atoms with Crippen LogP contribution in [-0.4, -0.2) is 33.8 Å². The molecule has 0 heterocycles. The molecule has 0 aliphatic heterocycles. The van der Waals surface area contributed by atoms with Gasteiger partial charge in [0.05, 0.1) is 0 Å². The zero-order chi connectivity index (χ0) is 17.7. The number of hydrogen-bond donors (Lipinski definition) is 1. The molecule has 0 aromatic heterocycles. The van der Waals surface area contributed by atoms with Gasteiger partial charge in [-0.1, -0.05) is 57.2 Å². The van der Waals surface area contributed by atoms with Crippen LogP contribution in [0.5, 0.6) is 0 Å². The molecule has 0 bridgehead atoms. The van der Waals surface area contributed by atoms with E-state index in [0.717, 1.165) is 25.1 Å². The van der Waals surface area contributed by atoms with Crippen LogP contribution in [0, 0.1) is 5.92 Å². The van der Waals surface area contributed by atoms with E-state index in [4.69, 9.17) is 14.2 Å². The third-order valence-electron chi connectivity index (χ3n) is 4.61. The van der Waals surface area contributed by atoms with Crippen molar-refractivity contribution in [1.29, 1.82) is 0 Å². The molecule has 1 rings (SSSR count). The van der Waals surface area contributed by atoms with Gasteiger partial charge in [0.15, 0.2) is 0 Å². The molecular formula is C20H35NO3. The molecule has 0 radical (unpaired) electrons. The molecule has 0 spiro atoms. The number of benzene rings is 1. The summed E-state index contributed by atoms with van der Waals surface area (Å²) in [4.78, 5) is 0. The first kappa shape index (κ1) is 20.9. The maximum atomic E-state index is 5.61. The second kappa shape index (κ2) is 12.3. The summed E-state index contributed by atoms with van der Waals surface area (Å²) < 4.78 is 16.8. The average Bonchev–Trinajstić information content (AvgIpc) is 2.63. The van der Waals surface area contributed by atoms with E-state index in [1.807, 2.05) is 18.2 Å². The van der Waals surface area contributed by atoms with E-state index >= 15 is 0 Å². The van der Waals surface area contributed by atoms with Gasteiger partial charge in [0.2, 0.25) is 0 Å². The standard InChI is InChI=1S/C20H35NO3/c1-5-6-7-8-10-13-18(20(22-2,23-3)24-4)16-17-21-19-14-11-9-12-15-19/h9,11-12,14-15,18,21H,5-8,10,13,16-17H2,1-4H3. The highest BCUT2D eigenvalue weighted by atomic mass is 16.9. The summed E-state index contributed by atoms with van der Waals surface area (Å²) in [5.74, 6) is -0.765. The van der Waals surface area contributed by atoms with Crippen molar-refractivity contribution >= 4 is 5.69 Å². The van der Waals surface area contributed by atoms with Gasteiger partial charge in [0.25, 0.3) is 5.97 Å². The first-order valence-corrected chi connectivity index (χ1v) is 9.16. The molecular weight excluding hydrogens is 302 g/mol. The fourth-order valence-corrected chi connectivity index (χ4v) is 3.19. The van der Waals surface area contributed by atoms with Crippen molar-refractivity contribution in [2.45, 2.75) is 57.8 Å². The van der Waals surface area contributed by atoms with Crippen molar-refractivity contribution in [3.63, 3.8) is 0 Å². The summed E-state index contributed by atoms with van der Waals surface area (Å²) in [6, 6.07) is 10.3. The van der Waals surface area contributed by atoms with Crippen LogP contribution in [-0.2, 0) is 14.2 Å². The maximum Gasteiger partial charge on any atom is 0.285 e. The van der Waals surface area contributed by atoms with Gasteiger partial charge in [0, 0.05) is 39.5 Å². The molecule has 0 saturated carbocycles. The molecule has 0 aliphatic carbocycles. The minimum absolute atomic E-state index is 0.190. The summed E-state index contributed by atoms with van der Waals surface area (Å²) >= 11 is 0. The normalized spacial score (nSPS) is 13.0. The highest BCUT2D eigenvalue weighted by Crippen LogP contribution is 2.31. The van der Waals surface area contributed by atoms with E-state index < -0.39 is 5.97 Å². The Balaban J connectivity index is 2.55. The number of rotatable bonds is 14. The van der Waals surface area contributed by atoms with Crippen LogP contribution in [0.4, 0.5) is 5.69 Å². The van der Waals surface area contributed by atoms with Crippen molar-refractivity contribution < 1.29 is 14.2 Å². The van der Waals surface area contributed by atoms with Crippen molar-refractivity contribution in [3.05, 3.63) is 30.3 Å². The maximum absolute atomic E-state index is 5.61. The van der Waals surface area contributed by atoms with E-state index in [1.165, 1.54) is 32.1 Å². The summed E-state index contributed by atoms with van der Waals surface area (Å²) in [7, 11) is 4.96. The largest absolute Gasteiger partial charge is 0.385 e. The zero-order valence-corrected chi connectivity index (χ0v) is 15.8. The van der Waals surface area contributed by atoms with Gasteiger partial charge in [-0.3, -0.25) is 0 Å². The topological polar surface area (TPSA) is 39.7 Å². The Morgan fingerprint density at radius 2 is 1.50 bits per heavy atom. The first-order chi connectivity index (χ1) is 11.7. The Bertz CT molecular complexity index is 398. The highest BCUT2D eigenvalue weighted by Gasteiger charge is 2.39. The lowest BCUT2D eigenvalue weighted by molar-refractivity contribution is -0.380. The first-order valence-electron chi connectivity index (χ1n) is 9.16. The summed E-state index contributed by atoms with van der Waals surface area (Å²) in [5, 5.41) is 3.46. The van der Waals surface area contributed by atoms with Crippen LogP contribution in [0.3, 0.4) is 0 Å². The molecule has 1 N–H and O–H groups in total. The lowest BCUT2D eigenvalue weighted by Crippen LogP contribution is -2.44. The summed E-state index contributed by atoms with van der Waals surface area (Å²) in [6.07, 6.45) is 8.27. The quantitative estimate of drug-likeness (QED) is 0.380. The predicted molar refractivity (Wildman–Crippen MR) is 100 cm³/mol. The number of para-hydroxylation sites is 1. The minimum Gasteiger partial charge on any atom is -0.385 e. The monoisotopic (exact) mass is 337 g/mol. The summed E-state index contributed by atoms with van der Waals surface area (Å²) in [6.45, 7) is 3.10. The van der Waals surface area contributed by atoms with E-state index in [-0.39, 0.29) is 5.92 Å². The van der Waals surface area contributed by atoms with Gasteiger partial charge in [-0.2, -0.15) is 0 Å². The van der Waals surface area contributed by atoms with Crippen LogP contribution in [0.25, 0.3) is 0 Å². The number of nitrogens with one attached hydrogen (secondary N) is 1. The molecule has 4 nitrogen and oxygen atoms in total. The van der Waals surface area contributed by atoms with Crippen LogP contribution in [0.15, 0.2) is 30.3 Å². The molecule has 1 atom stereocenters. The average molecular weight is 338 g/mol. The number of hydrogen-bond acceptors (Lipinski definition) is 4. The number of ether oxygens (including phenoxy) is 3. The minimum atomic E-state index is -0.955. The molecule has 0 amide bonds. The lowest BCUT2D eigenvalue weighted by Gasteiger charge is -2.36. The summed E-state index contributed by atoms with van der Waals surface area (Å²) in [5.41, 5.74) is 1.14. The van der Waals surface area contributed by atoms with Gasteiger partial charge in [0.1, 0.15) is 0 Å². The molecule has 0 aliphatic rings. The van der Waals surface area contributed by atoms with E-state index in [0.29, 0.717) is 0 Å². The van der Waals surface area contributed by atoms with Gasteiger partial charge in [-0.25, -0.2) is 0 Å². The van der Waals surface area contributed by atoms with Crippen molar-refractivity contribution in [2.24, 2.45) is 5.92 Å².